The molecule has 0 radical (unpaired) electrons. The summed E-state index contributed by atoms with van der Waals surface area (Å²) in [6, 6.07) is 14.1. The molecule has 2 unspecified atom stereocenters. The van der Waals surface area contributed by atoms with Crippen molar-refractivity contribution in [2.45, 2.75) is 71.5 Å². The van der Waals surface area contributed by atoms with E-state index in [9.17, 15) is 40.7 Å². The van der Waals surface area contributed by atoms with Crippen LogP contribution in [0.2, 0.25) is 0 Å². The molecule has 0 bridgehead atoms. The molecule has 1 aromatic heterocycles. The van der Waals surface area contributed by atoms with Crippen LogP contribution < -0.4 is 15.4 Å². The van der Waals surface area contributed by atoms with E-state index in [4.69, 9.17) is 4.74 Å². The SMILES string of the molecule is CCCC(c1ccc(C(=O)NCCC(=O)OCC)cc1)C(NC(=O)c1cc(C)c(-n2cc(C(F)(F)F)cn2)c(C)c1)c1ccc(OC(F)(F)F)cc1. The standard InChI is InChI=1S/C37H38F6N4O5/c1-5-7-30(24-8-10-26(11-9-24)34(49)44-17-16-31(48)51-6-2)32(25-12-14-29(15-13-25)52-37(41,42)43)46-35(50)27-18-22(3)33(23(4)19-27)47-21-28(20-45-47)36(38,39)40/h8-15,18-21,30,32H,5-7,16-17H2,1-4H3,(H,44,49)(H,46,50). The van der Waals surface area contributed by atoms with Gasteiger partial charge in [-0.15, -0.1) is 13.2 Å². The van der Waals surface area contributed by atoms with Gasteiger partial charge in [0, 0.05) is 29.8 Å². The zero-order valence-corrected chi connectivity index (χ0v) is 28.8. The first-order valence-electron chi connectivity index (χ1n) is 16.4. The van der Waals surface area contributed by atoms with Crippen molar-refractivity contribution in [3.63, 3.8) is 0 Å². The molecule has 0 spiro atoms. The van der Waals surface area contributed by atoms with E-state index in [2.05, 4.69) is 20.5 Å². The van der Waals surface area contributed by atoms with Gasteiger partial charge in [-0.1, -0.05) is 37.6 Å². The van der Waals surface area contributed by atoms with Crippen molar-refractivity contribution in [2.75, 3.05) is 13.2 Å². The summed E-state index contributed by atoms with van der Waals surface area (Å²) in [6.07, 6.45) is -6.72. The Hall–Kier alpha value is -5.34. The molecule has 0 saturated heterocycles. The number of ether oxygens (including phenoxy) is 2. The van der Waals surface area contributed by atoms with Gasteiger partial charge in [-0.2, -0.15) is 18.3 Å². The smallest absolute Gasteiger partial charge is 0.466 e. The van der Waals surface area contributed by atoms with Crippen molar-refractivity contribution in [2.24, 2.45) is 0 Å². The molecular weight excluding hydrogens is 694 g/mol. The van der Waals surface area contributed by atoms with Gasteiger partial charge in [0.05, 0.1) is 36.5 Å². The molecule has 3 aromatic carbocycles. The highest BCUT2D eigenvalue weighted by Gasteiger charge is 2.33. The minimum Gasteiger partial charge on any atom is -0.466 e. The predicted molar refractivity (Wildman–Crippen MR) is 179 cm³/mol. The number of rotatable bonds is 14. The van der Waals surface area contributed by atoms with Gasteiger partial charge in [0.2, 0.25) is 0 Å². The Kier molecular flexibility index (Phi) is 12.7. The molecule has 9 nitrogen and oxygen atoms in total. The molecule has 0 saturated carbocycles. The molecule has 0 aliphatic rings. The number of amides is 2. The summed E-state index contributed by atoms with van der Waals surface area (Å²) in [4.78, 5) is 38.2. The maximum Gasteiger partial charge on any atom is 0.573 e. The average molecular weight is 733 g/mol. The van der Waals surface area contributed by atoms with E-state index in [1.54, 1.807) is 45.0 Å². The largest absolute Gasteiger partial charge is 0.573 e. The first kappa shape index (κ1) is 39.4. The Morgan fingerprint density at radius 3 is 2.00 bits per heavy atom. The highest BCUT2D eigenvalue weighted by molar-refractivity contribution is 5.95. The number of nitrogens with one attached hydrogen (secondary N) is 2. The maximum atomic E-state index is 13.9. The van der Waals surface area contributed by atoms with Gasteiger partial charge in [-0.05, 0) is 85.8 Å². The topological polar surface area (TPSA) is 112 Å². The summed E-state index contributed by atoms with van der Waals surface area (Å²) in [7, 11) is 0. The lowest BCUT2D eigenvalue weighted by atomic mass is 9.83. The van der Waals surface area contributed by atoms with Crippen LogP contribution in [0.4, 0.5) is 26.3 Å². The van der Waals surface area contributed by atoms with Gasteiger partial charge in [-0.25, -0.2) is 4.68 Å². The van der Waals surface area contributed by atoms with E-state index in [1.807, 2.05) is 6.92 Å². The zero-order valence-electron chi connectivity index (χ0n) is 28.8. The molecule has 52 heavy (non-hydrogen) atoms. The third kappa shape index (κ3) is 10.4. The normalized spacial score (nSPS) is 12.9. The van der Waals surface area contributed by atoms with Gasteiger partial charge < -0.3 is 20.1 Å². The molecule has 4 aromatic rings. The highest BCUT2D eigenvalue weighted by Crippen LogP contribution is 2.37. The molecule has 0 fully saturated rings. The molecule has 2 amide bonds. The fraction of sp³-hybridized carbons (Fsp3) is 0.351. The van der Waals surface area contributed by atoms with Crippen LogP contribution in [0.1, 0.15) is 93.6 Å². The van der Waals surface area contributed by atoms with Crippen LogP contribution in [-0.2, 0) is 15.7 Å². The molecule has 15 heteroatoms. The summed E-state index contributed by atoms with van der Waals surface area (Å²) in [5.41, 5.74) is 2.14. The summed E-state index contributed by atoms with van der Waals surface area (Å²) < 4.78 is 88.4. The lowest BCUT2D eigenvalue weighted by molar-refractivity contribution is -0.274. The van der Waals surface area contributed by atoms with E-state index in [0.717, 1.165) is 28.6 Å². The van der Waals surface area contributed by atoms with Crippen LogP contribution in [0.5, 0.6) is 5.75 Å². The number of aryl methyl sites for hydroxylation is 2. The van der Waals surface area contributed by atoms with Crippen LogP contribution in [0, 0.1) is 13.8 Å². The number of aromatic nitrogens is 2. The molecular formula is C37H38F6N4O5. The molecule has 1 heterocycles. The number of halogens is 6. The Balaban J connectivity index is 1.65. The van der Waals surface area contributed by atoms with Gasteiger partial charge in [0.25, 0.3) is 11.8 Å². The Morgan fingerprint density at radius 2 is 1.46 bits per heavy atom. The third-order valence-electron chi connectivity index (χ3n) is 8.17. The molecule has 4 rings (SSSR count). The van der Waals surface area contributed by atoms with Crippen LogP contribution in [0.25, 0.3) is 5.69 Å². The lowest BCUT2D eigenvalue weighted by Crippen LogP contribution is -2.33. The van der Waals surface area contributed by atoms with Gasteiger partial charge in [-0.3, -0.25) is 14.4 Å². The molecule has 0 aliphatic heterocycles. The maximum absolute atomic E-state index is 13.9. The molecule has 2 atom stereocenters. The lowest BCUT2D eigenvalue weighted by Gasteiger charge is -2.29. The average Bonchev–Trinajstić information content (AvgIpc) is 3.56. The van der Waals surface area contributed by atoms with E-state index >= 15 is 0 Å². The number of alkyl halides is 6. The van der Waals surface area contributed by atoms with Crippen molar-refractivity contribution in [3.8, 4) is 11.4 Å². The van der Waals surface area contributed by atoms with Crippen molar-refractivity contribution < 1.29 is 50.2 Å². The van der Waals surface area contributed by atoms with E-state index < -0.39 is 53.6 Å². The quantitative estimate of drug-likeness (QED) is 0.100. The first-order chi connectivity index (χ1) is 24.5. The molecule has 2 N–H and O–H groups in total. The van der Waals surface area contributed by atoms with E-state index in [1.165, 1.54) is 24.3 Å². The van der Waals surface area contributed by atoms with Crippen molar-refractivity contribution >= 4 is 17.8 Å². The minimum absolute atomic E-state index is 0.00836. The molecule has 0 aliphatic carbocycles. The van der Waals surface area contributed by atoms with Crippen LogP contribution >= 0.6 is 0 Å². The monoisotopic (exact) mass is 732 g/mol. The van der Waals surface area contributed by atoms with E-state index in [-0.39, 0.29) is 25.1 Å². The van der Waals surface area contributed by atoms with Gasteiger partial charge in [0.15, 0.2) is 0 Å². The zero-order chi connectivity index (χ0) is 38.2. The number of esters is 1. The van der Waals surface area contributed by atoms with Gasteiger partial charge >= 0.3 is 18.5 Å². The number of nitrogens with zero attached hydrogens (tertiary/aromatic N) is 2. The van der Waals surface area contributed by atoms with Crippen molar-refractivity contribution in [1.82, 2.24) is 20.4 Å². The second-order valence-corrected chi connectivity index (χ2v) is 12.0. The van der Waals surface area contributed by atoms with Crippen LogP contribution in [0.15, 0.2) is 73.1 Å². The second kappa shape index (κ2) is 16.8. The summed E-state index contributed by atoms with van der Waals surface area (Å²) in [5.74, 6) is -2.25. The summed E-state index contributed by atoms with van der Waals surface area (Å²) >= 11 is 0. The molecule has 278 valence electrons. The Bertz CT molecular complexity index is 1830. The van der Waals surface area contributed by atoms with Crippen LogP contribution in [-0.4, -0.2) is 47.1 Å². The van der Waals surface area contributed by atoms with Crippen molar-refractivity contribution in [3.05, 3.63) is 112 Å². The minimum atomic E-state index is -4.90. The number of benzene rings is 3. The van der Waals surface area contributed by atoms with Crippen LogP contribution in [0.3, 0.4) is 0 Å². The Labute approximate surface area is 296 Å². The fourth-order valence-corrected chi connectivity index (χ4v) is 5.89. The summed E-state index contributed by atoms with van der Waals surface area (Å²) in [6.45, 7) is 7.20. The second-order valence-electron chi connectivity index (χ2n) is 12.0. The predicted octanol–water partition coefficient (Wildman–Crippen LogP) is 8.14. The first-order valence-corrected chi connectivity index (χ1v) is 16.4. The van der Waals surface area contributed by atoms with Gasteiger partial charge in [0.1, 0.15) is 5.75 Å². The number of carbonyl (C=O) groups excluding carboxylic acids is 3. The highest BCUT2D eigenvalue weighted by atomic mass is 19.4. The fourth-order valence-electron chi connectivity index (χ4n) is 5.89. The number of carbonyl (C=O) groups is 3. The van der Waals surface area contributed by atoms with E-state index in [0.29, 0.717) is 47.0 Å². The Morgan fingerprint density at radius 1 is 0.846 bits per heavy atom. The summed E-state index contributed by atoms with van der Waals surface area (Å²) in [5, 5.41) is 9.55. The third-order valence-corrected chi connectivity index (χ3v) is 8.17. The van der Waals surface area contributed by atoms with Crippen molar-refractivity contribution in [1.29, 1.82) is 0 Å². The number of hydrogen-bond donors (Lipinski definition) is 2. The number of hydrogen-bond acceptors (Lipinski definition) is 6.